The van der Waals surface area contributed by atoms with Gasteiger partial charge in [0.15, 0.2) is 0 Å². The van der Waals surface area contributed by atoms with Gasteiger partial charge >= 0.3 is 0 Å². The van der Waals surface area contributed by atoms with E-state index in [0.29, 0.717) is 0 Å². The minimum absolute atomic E-state index is 0.581. The molecule has 0 amide bonds. The van der Waals surface area contributed by atoms with Crippen LogP contribution in [0.1, 0.15) is 23.6 Å². The van der Waals surface area contributed by atoms with Crippen molar-refractivity contribution in [1.82, 2.24) is 0 Å². The van der Waals surface area contributed by atoms with Crippen LogP contribution >= 0.6 is 0 Å². The van der Waals surface area contributed by atoms with Crippen molar-refractivity contribution in [2.45, 2.75) is 26.0 Å². The van der Waals surface area contributed by atoms with Gasteiger partial charge in [0.1, 0.15) is 6.10 Å². The zero-order valence-electron chi connectivity index (χ0n) is 12.2. The highest BCUT2D eigenvalue weighted by molar-refractivity contribution is 5.64. The number of rotatable bonds is 2. The molecule has 0 fully saturated rings. The molecule has 0 saturated heterocycles. The van der Waals surface area contributed by atoms with E-state index in [2.05, 4.69) is 47.1 Å². The first kappa shape index (κ1) is 13.7. The highest BCUT2D eigenvalue weighted by atomic mass is 16.3. The van der Waals surface area contributed by atoms with E-state index in [9.17, 15) is 5.11 Å². The molecule has 2 aromatic rings. The first-order valence-electron chi connectivity index (χ1n) is 7.34. The van der Waals surface area contributed by atoms with Gasteiger partial charge in [-0.15, -0.1) is 0 Å². The second-order valence-electron chi connectivity index (χ2n) is 5.41. The molecular weight excluding hydrogens is 258 g/mol. The van der Waals surface area contributed by atoms with Crippen LogP contribution < -0.4 is 4.90 Å². The number of anilines is 1. The van der Waals surface area contributed by atoms with Crippen molar-refractivity contribution in [3.05, 3.63) is 65.2 Å². The zero-order valence-corrected chi connectivity index (χ0v) is 12.2. The van der Waals surface area contributed by atoms with Crippen molar-refractivity contribution < 1.29 is 5.11 Å². The second-order valence-corrected chi connectivity index (χ2v) is 5.41. The third-order valence-corrected chi connectivity index (χ3v) is 3.76. The SMILES string of the molecule is CC(O)C#Cc1cccc2c1CCN2Cc1ccccc1. The summed E-state index contributed by atoms with van der Waals surface area (Å²) in [6.07, 6.45) is 0.440. The number of hydrogen-bond acceptors (Lipinski definition) is 2. The Morgan fingerprint density at radius 2 is 1.95 bits per heavy atom. The van der Waals surface area contributed by atoms with Gasteiger partial charge in [0.2, 0.25) is 0 Å². The molecular formula is C19H19NO. The molecule has 1 aliphatic heterocycles. The number of aliphatic hydroxyl groups is 1. The topological polar surface area (TPSA) is 23.5 Å². The smallest absolute Gasteiger partial charge is 0.112 e. The lowest BCUT2D eigenvalue weighted by Gasteiger charge is -2.19. The Labute approximate surface area is 126 Å². The zero-order chi connectivity index (χ0) is 14.7. The fourth-order valence-electron chi connectivity index (χ4n) is 2.77. The van der Waals surface area contributed by atoms with E-state index in [-0.39, 0.29) is 0 Å². The van der Waals surface area contributed by atoms with Crippen LogP contribution in [0.4, 0.5) is 5.69 Å². The first-order valence-corrected chi connectivity index (χ1v) is 7.34. The van der Waals surface area contributed by atoms with Gasteiger partial charge in [-0.05, 0) is 36.6 Å². The van der Waals surface area contributed by atoms with Crippen molar-refractivity contribution in [3.63, 3.8) is 0 Å². The summed E-state index contributed by atoms with van der Waals surface area (Å²) >= 11 is 0. The monoisotopic (exact) mass is 277 g/mol. The summed E-state index contributed by atoms with van der Waals surface area (Å²) in [5.74, 6) is 5.95. The summed E-state index contributed by atoms with van der Waals surface area (Å²) in [6.45, 7) is 3.65. The average molecular weight is 277 g/mol. The minimum atomic E-state index is -0.581. The second kappa shape index (κ2) is 6.03. The van der Waals surface area contributed by atoms with Gasteiger partial charge in [-0.1, -0.05) is 48.2 Å². The predicted molar refractivity (Wildman–Crippen MR) is 86.2 cm³/mol. The molecule has 0 spiro atoms. The van der Waals surface area contributed by atoms with Crippen LogP contribution in [-0.4, -0.2) is 17.8 Å². The van der Waals surface area contributed by atoms with E-state index < -0.39 is 6.10 Å². The third-order valence-electron chi connectivity index (χ3n) is 3.76. The van der Waals surface area contributed by atoms with Crippen LogP contribution in [0.2, 0.25) is 0 Å². The van der Waals surface area contributed by atoms with Gasteiger partial charge < -0.3 is 10.0 Å². The molecule has 0 radical (unpaired) electrons. The number of aliphatic hydroxyl groups excluding tert-OH is 1. The Balaban J connectivity index is 1.86. The van der Waals surface area contributed by atoms with Gasteiger partial charge in [0.25, 0.3) is 0 Å². The van der Waals surface area contributed by atoms with Crippen LogP contribution in [-0.2, 0) is 13.0 Å². The third kappa shape index (κ3) is 3.09. The molecule has 21 heavy (non-hydrogen) atoms. The number of benzene rings is 2. The Kier molecular flexibility index (Phi) is 3.94. The fourth-order valence-corrected chi connectivity index (χ4v) is 2.77. The normalized spacial score (nSPS) is 14.3. The summed E-state index contributed by atoms with van der Waals surface area (Å²) in [4.78, 5) is 2.40. The molecule has 1 N–H and O–H groups in total. The van der Waals surface area contributed by atoms with Gasteiger partial charge in [-0.25, -0.2) is 0 Å². The average Bonchev–Trinajstić information content (AvgIpc) is 2.90. The molecule has 1 unspecified atom stereocenters. The van der Waals surface area contributed by atoms with Crippen LogP contribution in [0.3, 0.4) is 0 Å². The number of hydrogen-bond donors (Lipinski definition) is 1. The fraction of sp³-hybridized carbons (Fsp3) is 0.263. The number of nitrogens with zero attached hydrogens (tertiary/aromatic N) is 1. The van der Waals surface area contributed by atoms with E-state index in [0.717, 1.165) is 25.1 Å². The standard InChI is InChI=1S/C19H19NO/c1-15(21)10-11-17-8-5-9-19-18(17)12-13-20(19)14-16-6-3-2-4-7-16/h2-9,15,21H,12-14H2,1H3. The molecule has 3 rings (SSSR count). The molecule has 0 aliphatic carbocycles. The van der Waals surface area contributed by atoms with Gasteiger partial charge in [-0.2, -0.15) is 0 Å². The molecule has 2 nitrogen and oxygen atoms in total. The van der Waals surface area contributed by atoms with E-state index in [4.69, 9.17) is 0 Å². The van der Waals surface area contributed by atoms with E-state index in [1.54, 1.807) is 6.92 Å². The van der Waals surface area contributed by atoms with E-state index >= 15 is 0 Å². The van der Waals surface area contributed by atoms with Crippen LogP contribution in [0.25, 0.3) is 0 Å². The molecule has 0 saturated carbocycles. The van der Waals surface area contributed by atoms with Crippen molar-refractivity contribution in [3.8, 4) is 11.8 Å². The quantitative estimate of drug-likeness (QED) is 0.853. The Morgan fingerprint density at radius 3 is 2.71 bits per heavy atom. The maximum Gasteiger partial charge on any atom is 0.112 e. The molecule has 2 aromatic carbocycles. The maximum absolute atomic E-state index is 9.33. The highest BCUT2D eigenvalue weighted by Gasteiger charge is 2.20. The lowest BCUT2D eigenvalue weighted by molar-refractivity contribution is 0.253. The summed E-state index contributed by atoms with van der Waals surface area (Å²) in [5.41, 5.74) is 4.95. The summed E-state index contributed by atoms with van der Waals surface area (Å²) < 4.78 is 0. The summed E-state index contributed by atoms with van der Waals surface area (Å²) in [7, 11) is 0. The molecule has 1 heterocycles. The lowest BCUT2D eigenvalue weighted by atomic mass is 10.1. The largest absolute Gasteiger partial charge is 0.381 e. The minimum Gasteiger partial charge on any atom is -0.381 e. The first-order chi connectivity index (χ1) is 10.2. The van der Waals surface area contributed by atoms with Crippen LogP contribution in [0, 0.1) is 11.8 Å². The molecule has 106 valence electrons. The summed E-state index contributed by atoms with van der Waals surface area (Å²) in [5, 5.41) is 9.33. The highest BCUT2D eigenvalue weighted by Crippen LogP contribution is 2.31. The van der Waals surface area contributed by atoms with Crippen LogP contribution in [0.5, 0.6) is 0 Å². The Hall–Kier alpha value is -2.24. The van der Waals surface area contributed by atoms with Crippen molar-refractivity contribution in [1.29, 1.82) is 0 Å². The lowest BCUT2D eigenvalue weighted by Crippen LogP contribution is -2.19. The number of fused-ring (bicyclic) bond motifs is 1. The molecule has 1 aliphatic rings. The van der Waals surface area contributed by atoms with Crippen molar-refractivity contribution in [2.75, 3.05) is 11.4 Å². The molecule has 0 bridgehead atoms. The predicted octanol–water partition coefficient (Wildman–Crippen LogP) is 2.98. The Morgan fingerprint density at radius 1 is 1.14 bits per heavy atom. The van der Waals surface area contributed by atoms with Gasteiger partial charge in [0.05, 0.1) is 0 Å². The Bertz CT molecular complexity index is 680. The van der Waals surface area contributed by atoms with Gasteiger partial charge in [0, 0.05) is 24.3 Å². The molecule has 2 heteroatoms. The van der Waals surface area contributed by atoms with Crippen molar-refractivity contribution in [2.24, 2.45) is 0 Å². The van der Waals surface area contributed by atoms with Crippen molar-refractivity contribution >= 4 is 5.69 Å². The van der Waals surface area contributed by atoms with E-state index in [1.165, 1.54) is 16.8 Å². The maximum atomic E-state index is 9.33. The van der Waals surface area contributed by atoms with Crippen LogP contribution in [0.15, 0.2) is 48.5 Å². The van der Waals surface area contributed by atoms with Gasteiger partial charge in [-0.3, -0.25) is 0 Å². The molecule has 0 aromatic heterocycles. The molecule has 1 atom stereocenters. The summed E-state index contributed by atoms with van der Waals surface area (Å²) in [6, 6.07) is 16.8. The van der Waals surface area contributed by atoms with E-state index in [1.807, 2.05) is 18.2 Å².